The van der Waals surface area contributed by atoms with E-state index in [-0.39, 0.29) is 11.4 Å². The molecule has 0 bridgehead atoms. The van der Waals surface area contributed by atoms with E-state index >= 15 is 0 Å². The highest BCUT2D eigenvalue weighted by Crippen LogP contribution is 2.28. The van der Waals surface area contributed by atoms with Crippen molar-refractivity contribution in [1.82, 2.24) is 0 Å². The SMILES string of the molecule is CC(C)=CCc1cc(C(=O)Nc2cc3ccc(OCCCCCN(C)c4ccccc4)c(C)c3oc2=O)ccc1O. The third-order valence-electron chi connectivity index (χ3n) is 7.01. The van der Waals surface area contributed by atoms with Crippen LogP contribution in [0.4, 0.5) is 11.4 Å². The second-order valence-electron chi connectivity index (χ2n) is 10.5. The summed E-state index contributed by atoms with van der Waals surface area (Å²) in [5, 5.41) is 13.5. The molecule has 0 saturated carbocycles. The summed E-state index contributed by atoms with van der Waals surface area (Å²) in [6, 6.07) is 20.3. The van der Waals surface area contributed by atoms with E-state index < -0.39 is 11.5 Å². The van der Waals surface area contributed by atoms with Gasteiger partial charge in [-0.05, 0) is 101 Å². The van der Waals surface area contributed by atoms with Gasteiger partial charge in [-0.15, -0.1) is 0 Å². The lowest BCUT2D eigenvalue weighted by Gasteiger charge is -2.19. The summed E-state index contributed by atoms with van der Waals surface area (Å²) < 4.78 is 11.6. The molecule has 2 N–H and O–H groups in total. The molecule has 0 aliphatic heterocycles. The van der Waals surface area contributed by atoms with E-state index in [2.05, 4.69) is 29.4 Å². The number of nitrogens with zero attached hydrogens (tertiary/aromatic N) is 1. The van der Waals surface area contributed by atoms with Crippen LogP contribution in [0.15, 0.2) is 87.6 Å². The third kappa shape index (κ3) is 7.78. The molecule has 4 aromatic rings. The highest BCUT2D eigenvalue weighted by Gasteiger charge is 2.15. The Labute approximate surface area is 241 Å². The smallest absolute Gasteiger partial charge is 0.360 e. The van der Waals surface area contributed by atoms with E-state index in [0.717, 1.165) is 36.9 Å². The van der Waals surface area contributed by atoms with Gasteiger partial charge in [-0.2, -0.15) is 0 Å². The van der Waals surface area contributed by atoms with Crippen molar-refractivity contribution in [2.24, 2.45) is 0 Å². The van der Waals surface area contributed by atoms with Gasteiger partial charge < -0.3 is 24.5 Å². The maximum atomic E-state index is 12.9. The molecule has 1 heterocycles. The highest BCUT2D eigenvalue weighted by atomic mass is 16.5. The maximum absolute atomic E-state index is 12.9. The molecule has 0 atom stereocenters. The van der Waals surface area contributed by atoms with Crippen LogP contribution in [0.25, 0.3) is 11.0 Å². The first-order valence-electron chi connectivity index (χ1n) is 14.0. The summed E-state index contributed by atoms with van der Waals surface area (Å²) in [6.45, 7) is 7.35. The van der Waals surface area contributed by atoms with Crippen LogP contribution in [0.3, 0.4) is 0 Å². The van der Waals surface area contributed by atoms with Gasteiger partial charge in [0.05, 0.1) is 6.61 Å². The predicted octanol–water partition coefficient (Wildman–Crippen LogP) is 7.25. The molecule has 0 saturated heterocycles. The average molecular weight is 555 g/mol. The number of ether oxygens (including phenoxy) is 1. The summed E-state index contributed by atoms with van der Waals surface area (Å²) in [5.41, 5.74) is 3.88. The number of phenolic OH excluding ortho intramolecular Hbond substituents is 1. The summed E-state index contributed by atoms with van der Waals surface area (Å²) >= 11 is 0. The molecule has 41 heavy (non-hydrogen) atoms. The zero-order valence-electron chi connectivity index (χ0n) is 24.2. The number of aryl methyl sites for hydroxylation is 1. The third-order valence-corrected chi connectivity index (χ3v) is 7.01. The molecule has 7 heteroatoms. The van der Waals surface area contributed by atoms with E-state index in [1.54, 1.807) is 12.1 Å². The van der Waals surface area contributed by atoms with Crippen LogP contribution in [0.1, 0.15) is 54.6 Å². The van der Waals surface area contributed by atoms with Gasteiger partial charge in [0.2, 0.25) is 0 Å². The van der Waals surface area contributed by atoms with E-state index in [1.807, 2.05) is 57.2 Å². The van der Waals surface area contributed by atoms with Gasteiger partial charge in [0, 0.05) is 35.8 Å². The minimum Gasteiger partial charge on any atom is -0.508 e. The molecule has 0 spiro atoms. The molecule has 0 fully saturated rings. The van der Waals surface area contributed by atoms with E-state index in [9.17, 15) is 14.7 Å². The van der Waals surface area contributed by atoms with E-state index in [0.29, 0.717) is 40.9 Å². The first kappa shape index (κ1) is 29.5. The minimum atomic E-state index is -0.642. The molecule has 0 radical (unpaired) electrons. The molecule has 7 nitrogen and oxygen atoms in total. The Bertz CT molecular complexity index is 1590. The number of amides is 1. The van der Waals surface area contributed by atoms with Crippen molar-refractivity contribution in [3.8, 4) is 11.5 Å². The average Bonchev–Trinajstić information content (AvgIpc) is 2.96. The standard InChI is InChI=1S/C34H38N2O5/c1-23(2)13-14-25-21-27(15-17-30(25)37)33(38)35-29-22-26-16-18-31(24(3)32(26)41-34(29)39)40-20-10-6-9-19-36(4)28-11-7-5-8-12-28/h5,7-8,11-13,15-18,21-22,37H,6,9-10,14,19-20H2,1-4H3,(H,35,38). The fourth-order valence-electron chi connectivity index (χ4n) is 4.57. The maximum Gasteiger partial charge on any atom is 0.360 e. The predicted molar refractivity (Wildman–Crippen MR) is 165 cm³/mol. The number of allylic oxidation sites excluding steroid dienone is 2. The van der Waals surface area contributed by atoms with Gasteiger partial charge in [0.15, 0.2) is 0 Å². The quantitative estimate of drug-likeness (QED) is 0.109. The number of hydrogen-bond acceptors (Lipinski definition) is 6. The van der Waals surface area contributed by atoms with Gasteiger partial charge in [-0.3, -0.25) is 4.79 Å². The van der Waals surface area contributed by atoms with Crippen LogP contribution in [-0.2, 0) is 6.42 Å². The van der Waals surface area contributed by atoms with Gasteiger partial charge >= 0.3 is 5.63 Å². The number of unbranched alkanes of at least 4 members (excludes halogenated alkanes) is 2. The van der Waals surface area contributed by atoms with Crippen molar-refractivity contribution in [1.29, 1.82) is 0 Å². The van der Waals surface area contributed by atoms with Crippen molar-refractivity contribution >= 4 is 28.3 Å². The molecule has 1 amide bonds. The van der Waals surface area contributed by atoms with Gasteiger partial charge in [0.1, 0.15) is 22.8 Å². The number of phenols is 1. The van der Waals surface area contributed by atoms with Crippen LogP contribution in [0.5, 0.6) is 11.5 Å². The van der Waals surface area contributed by atoms with Crippen molar-refractivity contribution < 1.29 is 19.1 Å². The van der Waals surface area contributed by atoms with Crippen molar-refractivity contribution in [3.63, 3.8) is 0 Å². The lowest BCUT2D eigenvalue weighted by molar-refractivity contribution is 0.102. The largest absolute Gasteiger partial charge is 0.508 e. The van der Waals surface area contributed by atoms with Crippen molar-refractivity contribution in [3.05, 3.63) is 105 Å². The topological polar surface area (TPSA) is 92.0 Å². The Morgan fingerprint density at radius 1 is 1.02 bits per heavy atom. The lowest BCUT2D eigenvalue weighted by atomic mass is 10.0. The van der Waals surface area contributed by atoms with E-state index in [4.69, 9.17) is 9.15 Å². The van der Waals surface area contributed by atoms with Crippen LogP contribution >= 0.6 is 0 Å². The summed E-state index contributed by atoms with van der Waals surface area (Å²) in [4.78, 5) is 27.9. The number of anilines is 2. The number of carbonyl (C=O) groups excluding carboxylic acids is 1. The first-order valence-corrected chi connectivity index (χ1v) is 14.0. The zero-order chi connectivity index (χ0) is 29.4. The summed E-state index contributed by atoms with van der Waals surface area (Å²) in [5.74, 6) is 0.335. The summed E-state index contributed by atoms with van der Waals surface area (Å²) in [6.07, 6.45) is 5.50. The van der Waals surface area contributed by atoms with Crippen molar-refractivity contribution in [2.45, 2.75) is 46.5 Å². The Kier molecular flexibility index (Phi) is 9.85. The molecular formula is C34H38N2O5. The molecule has 3 aromatic carbocycles. The first-order chi connectivity index (χ1) is 19.7. The Morgan fingerprint density at radius 3 is 2.56 bits per heavy atom. The number of aromatic hydroxyl groups is 1. The number of para-hydroxylation sites is 1. The van der Waals surface area contributed by atoms with Crippen molar-refractivity contribution in [2.75, 3.05) is 30.4 Å². The van der Waals surface area contributed by atoms with Crippen LogP contribution in [0, 0.1) is 6.92 Å². The fraction of sp³-hybridized carbons (Fsp3) is 0.294. The van der Waals surface area contributed by atoms with Crippen LogP contribution < -0.4 is 20.6 Å². The number of hydrogen-bond donors (Lipinski definition) is 2. The number of benzene rings is 3. The Morgan fingerprint density at radius 2 is 1.80 bits per heavy atom. The second-order valence-corrected chi connectivity index (χ2v) is 10.5. The van der Waals surface area contributed by atoms with E-state index in [1.165, 1.54) is 17.8 Å². The monoisotopic (exact) mass is 554 g/mol. The Hall–Kier alpha value is -4.52. The number of nitrogens with one attached hydrogen (secondary N) is 1. The number of fused-ring (bicyclic) bond motifs is 1. The van der Waals surface area contributed by atoms with Gasteiger partial charge in [-0.25, -0.2) is 4.79 Å². The number of rotatable bonds is 12. The molecule has 214 valence electrons. The summed E-state index contributed by atoms with van der Waals surface area (Å²) in [7, 11) is 2.10. The molecule has 0 aliphatic carbocycles. The minimum absolute atomic E-state index is 0.0509. The fourth-order valence-corrected chi connectivity index (χ4v) is 4.57. The highest BCUT2D eigenvalue weighted by molar-refractivity contribution is 6.05. The molecule has 1 aromatic heterocycles. The second kappa shape index (κ2) is 13.7. The van der Waals surface area contributed by atoms with Gasteiger partial charge in [0.25, 0.3) is 5.91 Å². The molecular weight excluding hydrogens is 516 g/mol. The molecule has 0 aliphatic rings. The normalized spacial score (nSPS) is 10.8. The van der Waals surface area contributed by atoms with Crippen LogP contribution in [0.2, 0.25) is 0 Å². The molecule has 4 rings (SSSR count). The van der Waals surface area contributed by atoms with Crippen LogP contribution in [-0.4, -0.2) is 31.2 Å². The Balaban J connectivity index is 1.35. The number of carbonyl (C=O) groups is 1. The lowest BCUT2D eigenvalue weighted by Crippen LogP contribution is -2.18. The zero-order valence-corrected chi connectivity index (χ0v) is 24.2. The molecule has 0 unspecified atom stereocenters. The van der Waals surface area contributed by atoms with Gasteiger partial charge in [-0.1, -0.05) is 29.8 Å².